The van der Waals surface area contributed by atoms with Crippen LogP contribution >= 0.6 is 23.2 Å². The predicted molar refractivity (Wildman–Crippen MR) is 97.1 cm³/mol. The Labute approximate surface area is 150 Å². The second kappa shape index (κ2) is 4.90. The van der Waals surface area contributed by atoms with Gasteiger partial charge in [-0.1, -0.05) is 47.5 Å². The van der Waals surface area contributed by atoms with Crippen LogP contribution in [0.1, 0.15) is 34.1 Å². The van der Waals surface area contributed by atoms with Gasteiger partial charge in [0.25, 0.3) is 0 Å². The Morgan fingerprint density at radius 3 is 1.79 bits per heavy atom. The maximum absolute atomic E-state index is 7.85. The molecule has 0 radical (unpaired) electrons. The van der Waals surface area contributed by atoms with Crippen molar-refractivity contribution in [2.24, 2.45) is 17.6 Å². The Bertz CT molecular complexity index is 813. The summed E-state index contributed by atoms with van der Waals surface area (Å²) in [6.07, 6.45) is 0. The fourth-order valence-corrected chi connectivity index (χ4v) is 5.86. The maximum atomic E-state index is 7.85. The molecule has 2 aromatic carbocycles. The number of hydrogen-bond donors (Lipinski definition) is 2. The summed E-state index contributed by atoms with van der Waals surface area (Å²) < 4.78 is 0. The number of nitrogens with one attached hydrogen (secondary N) is 1. The Balaban J connectivity index is 1.78. The third-order valence-corrected chi connectivity index (χ3v) is 6.73. The zero-order valence-corrected chi connectivity index (χ0v) is 14.5. The van der Waals surface area contributed by atoms with Gasteiger partial charge in [-0.3, -0.25) is 5.41 Å². The molecule has 24 heavy (non-hydrogen) atoms. The standard InChI is InChI=1S/C19H17Cl2N3/c20-13-5-1-3-9-15-11-7-24(19(22)23)8-12(11)16(17(9)13)10-4-2-6-14(21)18(10)15/h1-6,11-12,15-16H,7-8H2,(H3,22,23). The lowest BCUT2D eigenvalue weighted by molar-refractivity contribution is 0.294. The summed E-state index contributed by atoms with van der Waals surface area (Å²) in [5.41, 5.74) is 10.9. The average Bonchev–Trinajstić information content (AvgIpc) is 3.01. The SMILES string of the molecule is N=C(N)N1CC2C3c4cccc(Cl)c4C(c4cccc(Cl)c43)C2C1. The summed E-state index contributed by atoms with van der Waals surface area (Å²) in [7, 11) is 0. The highest BCUT2D eigenvalue weighted by Gasteiger charge is 2.54. The van der Waals surface area contributed by atoms with Crippen molar-refractivity contribution < 1.29 is 0 Å². The number of nitrogens with zero attached hydrogens (tertiary/aromatic N) is 1. The van der Waals surface area contributed by atoms with Crippen LogP contribution in [-0.4, -0.2) is 23.9 Å². The molecule has 5 heteroatoms. The fraction of sp³-hybridized carbons (Fsp3) is 0.316. The van der Waals surface area contributed by atoms with Crippen LogP contribution in [0.15, 0.2) is 36.4 Å². The molecule has 2 aromatic rings. The van der Waals surface area contributed by atoms with Crippen LogP contribution in [0, 0.1) is 17.2 Å². The van der Waals surface area contributed by atoms with Gasteiger partial charge in [-0.25, -0.2) is 0 Å². The minimum absolute atomic E-state index is 0.161. The molecule has 1 heterocycles. The third-order valence-electron chi connectivity index (χ3n) is 6.07. The first kappa shape index (κ1) is 14.6. The van der Waals surface area contributed by atoms with Gasteiger partial charge in [-0.05, 0) is 46.2 Å². The van der Waals surface area contributed by atoms with Crippen molar-refractivity contribution in [2.45, 2.75) is 11.8 Å². The van der Waals surface area contributed by atoms with Crippen molar-refractivity contribution in [3.05, 3.63) is 68.7 Å². The van der Waals surface area contributed by atoms with E-state index in [1.807, 2.05) is 29.2 Å². The van der Waals surface area contributed by atoms with E-state index >= 15 is 0 Å². The lowest BCUT2D eigenvalue weighted by Crippen LogP contribution is -2.39. The van der Waals surface area contributed by atoms with Crippen molar-refractivity contribution in [1.82, 2.24) is 4.90 Å². The van der Waals surface area contributed by atoms with Gasteiger partial charge < -0.3 is 10.6 Å². The minimum atomic E-state index is 0.161. The molecule has 6 rings (SSSR count). The second-order valence-electron chi connectivity index (χ2n) is 7.06. The van der Waals surface area contributed by atoms with E-state index < -0.39 is 0 Å². The van der Waals surface area contributed by atoms with Crippen LogP contribution in [-0.2, 0) is 0 Å². The number of nitrogens with two attached hydrogens (primary N) is 1. The van der Waals surface area contributed by atoms with E-state index in [1.54, 1.807) is 0 Å². The maximum Gasteiger partial charge on any atom is 0.188 e. The highest BCUT2D eigenvalue weighted by Crippen LogP contribution is 2.62. The normalized spacial score (nSPS) is 29.2. The summed E-state index contributed by atoms with van der Waals surface area (Å²) in [5.74, 6) is 1.49. The van der Waals surface area contributed by atoms with Gasteiger partial charge in [0.2, 0.25) is 0 Å². The van der Waals surface area contributed by atoms with E-state index in [0.29, 0.717) is 11.8 Å². The number of likely N-dealkylation sites (tertiary alicyclic amines) is 1. The third kappa shape index (κ3) is 1.72. The number of halogens is 2. The molecule has 1 aliphatic heterocycles. The monoisotopic (exact) mass is 357 g/mol. The highest BCUT2D eigenvalue weighted by molar-refractivity contribution is 6.32. The molecule has 0 amide bonds. The molecule has 0 aromatic heterocycles. The molecule has 4 atom stereocenters. The first-order chi connectivity index (χ1) is 11.6. The average molecular weight is 358 g/mol. The largest absolute Gasteiger partial charge is 0.370 e. The van der Waals surface area contributed by atoms with Crippen molar-refractivity contribution in [1.29, 1.82) is 5.41 Å². The van der Waals surface area contributed by atoms with E-state index in [1.165, 1.54) is 22.3 Å². The van der Waals surface area contributed by atoms with E-state index in [4.69, 9.17) is 34.3 Å². The van der Waals surface area contributed by atoms with Gasteiger partial charge in [0, 0.05) is 35.0 Å². The highest BCUT2D eigenvalue weighted by atomic mass is 35.5. The molecule has 3 N–H and O–H groups in total. The van der Waals surface area contributed by atoms with E-state index in [2.05, 4.69) is 12.1 Å². The molecule has 1 saturated heterocycles. The quantitative estimate of drug-likeness (QED) is 0.552. The van der Waals surface area contributed by atoms with E-state index in [9.17, 15) is 0 Å². The van der Waals surface area contributed by atoms with Crippen LogP contribution in [0.3, 0.4) is 0 Å². The molecular formula is C19H17Cl2N3. The van der Waals surface area contributed by atoms with Gasteiger partial charge in [0.1, 0.15) is 0 Å². The molecule has 4 unspecified atom stereocenters. The summed E-state index contributed by atoms with van der Waals surface area (Å²) in [6.45, 7) is 1.63. The van der Waals surface area contributed by atoms with Gasteiger partial charge in [0.05, 0.1) is 0 Å². The topological polar surface area (TPSA) is 53.1 Å². The molecule has 2 bridgehead atoms. The molecule has 0 spiro atoms. The second-order valence-corrected chi connectivity index (χ2v) is 7.87. The summed E-state index contributed by atoms with van der Waals surface area (Å²) in [6, 6.07) is 12.4. The van der Waals surface area contributed by atoms with Crippen LogP contribution in [0.25, 0.3) is 0 Å². The van der Waals surface area contributed by atoms with Crippen molar-refractivity contribution in [3.63, 3.8) is 0 Å². The lowest BCUT2D eigenvalue weighted by atomic mass is 9.55. The molecule has 122 valence electrons. The Hall–Kier alpha value is -1.71. The first-order valence-corrected chi connectivity index (χ1v) is 8.99. The Kier molecular flexibility index (Phi) is 2.98. The smallest absolute Gasteiger partial charge is 0.188 e. The zero-order valence-electron chi connectivity index (χ0n) is 13.0. The van der Waals surface area contributed by atoms with Crippen LogP contribution < -0.4 is 5.73 Å². The minimum Gasteiger partial charge on any atom is -0.370 e. The number of hydrogen-bond acceptors (Lipinski definition) is 1. The van der Waals surface area contributed by atoms with E-state index in [0.717, 1.165) is 23.1 Å². The van der Waals surface area contributed by atoms with Crippen LogP contribution in [0.2, 0.25) is 10.0 Å². The summed E-state index contributed by atoms with van der Waals surface area (Å²) in [4.78, 5) is 1.99. The lowest BCUT2D eigenvalue weighted by Gasteiger charge is -2.48. The summed E-state index contributed by atoms with van der Waals surface area (Å²) in [5, 5.41) is 9.53. The van der Waals surface area contributed by atoms with Gasteiger partial charge in [0.15, 0.2) is 5.96 Å². The zero-order chi connectivity index (χ0) is 16.6. The summed E-state index contributed by atoms with van der Waals surface area (Å²) >= 11 is 13.2. The fourth-order valence-electron chi connectivity index (χ4n) is 5.26. The molecule has 3 aliphatic carbocycles. The number of benzene rings is 2. The molecule has 3 nitrogen and oxygen atoms in total. The van der Waals surface area contributed by atoms with E-state index in [-0.39, 0.29) is 17.8 Å². The van der Waals surface area contributed by atoms with Gasteiger partial charge >= 0.3 is 0 Å². The molecule has 0 saturated carbocycles. The molecule has 4 aliphatic rings. The molecule has 1 fully saturated rings. The van der Waals surface area contributed by atoms with Crippen molar-refractivity contribution in [2.75, 3.05) is 13.1 Å². The number of guanidine groups is 1. The van der Waals surface area contributed by atoms with Gasteiger partial charge in [-0.15, -0.1) is 0 Å². The Morgan fingerprint density at radius 2 is 1.38 bits per heavy atom. The van der Waals surface area contributed by atoms with Crippen molar-refractivity contribution >= 4 is 29.2 Å². The number of rotatable bonds is 0. The predicted octanol–water partition coefficient (Wildman–Crippen LogP) is 4.03. The van der Waals surface area contributed by atoms with Crippen LogP contribution in [0.4, 0.5) is 0 Å². The van der Waals surface area contributed by atoms with Crippen LogP contribution in [0.5, 0.6) is 0 Å². The Morgan fingerprint density at radius 1 is 0.917 bits per heavy atom. The van der Waals surface area contributed by atoms with Crippen molar-refractivity contribution in [3.8, 4) is 0 Å². The molecular weight excluding hydrogens is 341 g/mol. The first-order valence-electron chi connectivity index (χ1n) is 8.23. The van der Waals surface area contributed by atoms with Gasteiger partial charge in [-0.2, -0.15) is 0 Å².